The van der Waals surface area contributed by atoms with Crippen molar-refractivity contribution in [2.75, 3.05) is 30.1 Å². The third-order valence-electron chi connectivity index (χ3n) is 6.59. The van der Waals surface area contributed by atoms with Crippen molar-refractivity contribution in [3.63, 3.8) is 0 Å². The van der Waals surface area contributed by atoms with Crippen LogP contribution in [0.2, 0.25) is 0 Å². The Bertz CT molecular complexity index is 1600. The molecular formula is C28H29N5O4S2. The largest absolute Gasteiger partial charge is 0.497 e. The van der Waals surface area contributed by atoms with Gasteiger partial charge in [0.2, 0.25) is 10.0 Å². The molecular weight excluding hydrogens is 534 g/mol. The molecule has 0 radical (unpaired) electrons. The van der Waals surface area contributed by atoms with E-state index < -0.39 is 10.0 Å². The molecule has 0 spiro atoms. The highest BCUT2D eigenvalue weighted by Crippen LogP contribution is 2.44. The van der Waals surface area contributed by atoms with Crippen LogP contribution in [0.25, 0.3) is 5.69 Å². The van der Waals surface area contributed by atoms with Gasteiger partial charge < -0.3 is 24.3 Å². The van der Waals surface area contributed by atoms with Gasteiger partial charge in [-0.05, 0) is 85.9 Å². The first-order valence-corrected chi connectivity index (χ1v) is 14.5. The lowest BCUT2D eigenvalue weighted by molar-refractivity contribution is 0.414. The van der Waals surface area contributed by atoms with Gasteiger partial charge in [-0.3, -0.25) is 9.71 Å². The Hall–Kier alpha value is -4.09. The number of methoxy groups -OCH3 is 2. The Morgan fingerprint density at radius 2 is 1.72 bits per heavy atom. The van der Waals surface area contributed by atoms with Gasteiger partial charge in [-0.1, -0.05) is 6.07 Å². The van der Waals surface area contributed by atoms with Crippen LogP contribution in [0.3, 0.4) is 0 Å². The lowest BCUT2D eigenvalue weighted by atomic mass is 10.0. The summed E-state index contributed by atoms with van der Waals surface area (Å²) in [5.74, 6) is 1.17. The number of benzene rings is 2. The Labute approximate surface area is 233 Å². The zero-order chi connectivity index (χ0) is 27.7. The molecule has 2 aromatic heterocycles. The van der Waals surface area contributed by atoms with Crippen LogP contribution in [0.1, 0.15) is 29.2 Å². The molecule has 1 aliphatic heterocycles. The number of hydrogen-bond acceptors (Lipinski definition) is 6. The maximum Gasteiger partial charge on any atom is 0.229 e. The maximum atomic E-state index is 12.1. The predicted molar refractivity (Wildman–Crippen MR) is 156 cm³/mol. The number of aromatic nitrogens is 2. The average Bonchev–Trinajstić information content (AvgIpc) is 3.47. The van der Waals surface area contributed by atoms with E-state index in [1.807, 2.05) is 53.4 Å². The Morgan fingerprint density at radius 3 is 2.36 bits per heavy atom. The zero-order valence-corrected chi connectivity index (χ0v) is 23.6. The molecule has 0 saturated carbocycles. The Balaban J connectivity index is 1.68. The molecule has 2 aromatic carbocycles. The summed E-state index contributed by atoms with van der Waals surface area (Å²) >= 11 is 5.88. The van der Waals surface area contributed by atoms with E-state index in [9.17, 15) is 8.42 Å². The first-order valence-electron chi connectivity index (χ1n) is 12.2. The monoisotopic (exact) mass is 563 g/mol. The van der Waals surface area contributed by atoms with Crippen molar-refractivity contribution in [2.24, 2.45) is 0 Å². The van der Waals surface area contributed by atoms with E-state index in [0.717, 1.165) is 34.8 Å². The van der Waals surface area contributed by atoms with Gasteiger partial charge in [0.05, 0.1) is 37.9 Å². The lowest BCUT2D eigenvalue weighted by Gasteiger charge is -2.30. The van der Waals surface area contributed by atoms with E-state index in [0.29, 0.717) is 22.2 Å². The van der Waals surface area contributed by atoms with Crippen molar-refractivity contribution in [3.8, 4) is 17.2 Å². The van der Waals surface area contributed by atoms with Crippen molar-refractivity contribution in [1.82, 2.24) is 14.9 Å². The number of pyridine rings is 1. The standard InChI is InChI=1S/C28H29N5O4S2/c1-18-8-14-24(32(18)19-9-12-21(36-2)13-10-19)27-26(22-7-5-6-16-29-22)30-28(38)33(27)20-11-15-25(37-3)23(17-20)31-39(4,34)35/h5-17,26-27,31H,1-4H3,(H,30,38)/t26-,27+/m0/s1. The molecule has 202 valence electrons. The van der Waals surface area contributed by atoms with Gasteiger partial charge in [-0.15, -0.1) is 0 Å². The quantitative estimate of drug-likeness (QED) is 0.297. The second kappa shape index (κ2) is 10.6. The molecule has 1 fully saturated rings. The smallest absolute Gasteiger partial charge is 0.229 e. The molecule has 2 N–H and O–H groups in total. The van der Waals surface area contributed by atoms with Gasteiger partial charge in [0.1, 0.15) is 17.5 Å². The molecule has 3 heterocycles. The SMILES string of the molecule is COc1ccc(-n2c(C)ccc2[C@@H]2[C@H](c3ccccn3)NC(=S)N2c2ccc(OC)c(NS(C)(=O)=O)c2)cc1. The zero-order valence-electron chi connectivity index (χ0n) is 22.0. The van der Waals surface area contributed by atoms with E-state index in [1.165, 1.54) is 7.11 Å². The number of rotatable bonds is 8. The third kappa shape index (κ3) is 5.27. The minimum absolute atomic E-state index is 0.279. The number of hydrogen-bond donors (Lipinski definition) is 2. The summed E-state index contributed by atoms with van der Waals surface area (Å²) in [4.78, 5) is 6.63. The van der Waals surface area contributed by atoms with Gasteiger partial charge in [0, 0.05) is 29.0 Å². The van der Waals surface area contributed by atoms with Crippen LogP contribution in [-0.2, 0) is 10.0 Å². The predicted octanol–water partition coefficient (Wildman–Crippen LogP) is 4.75. The van der Waals surface area contributed by atoms with E-state index >= 15 is 0 Å². The van der Waals surface area contributed by atoms with Gasteiger partial charge in [-0.2, -0.15) is 0 Å². The fraction of sp³-hybridized carbons (Fsp3) is 0.214. The number of thiocarbonyl (C=S) groups is 1. The van der Waals surface area contributed by atoms with Gasteiger partial charge in [0.25, 0.3) is 0 Å². The third-order valence-corrected chi connectivity index (χ3v) is 7.50. The molecule has 1 aliphatic rings. The number of sulfonamides is 1. The molecule has 0 aliphatic carbocycles. The summed E-state index contributed by atoms with van der Waals surface area (Å²) in [6, 6.07) is 22.5. The Kier molecular flexibility index (Phi) is 7.19. The van der Waals surface area contributed by atoms with Crippen LogP contribution in [0.5, 0.6) is 11.5 Å². The normalized spacial score (nSPS) is 17.1. The summed E-state index contributed by atoms with van der Waals surface area (Å²) in [6.07, 6.45) is 2.86. The summed E-state index contributed by atoms with van der Waals surface area (Å²) in [7, 11) is -0.412. The minimum atomic E-state index is -3.55. The number of anilines is 2. The fourth-order valence-electron chi connectivity index (χ4n) is 4.93. The highest BCUT2D eigenvalue weighted by molar-refractivity contribution is 7.92. The second-order valence-electron chi connectivity index (χ2n) is 9.19. The lowest BCUT2D eigenvalue weighted by Crippen LogP contribution is -2.30. The molecule has 5 rings (SSSR count). The van der Waals surface area contributed by atoms with Crippen molar-refractivity contribution in [2.45, 2.75) is 19.0 Å². The van der Waals surface area contributed by atoms with Crippen molar-refractivity contribution in [3.05, 3.63) is 96.1 Å². The van der Waals surface area contributed by atoms with Crippen LogP contribution < -0.4 is 24.4 Å². The Morgan fingerprint density at radius 1 is 0.974 bits per heavy atom. The van der Waals surface area contributed by atoms with Gasteiger partial charge >= 0.3 is 0 Å². The van der Waals surface area contributed by atoms with Crippen molar-refractivity contribution < 1.29 is 17.9 Å². The first-order chi connectivity index (χ1) is 18.7. The van der Waals surface area contributed by atoms with Crippen LogP contribution in [0.15, 0.2) is 79.0 Å². The highest BCUT2D eigenvalue weighted by atomic mass is 32.2. The van der Waals surface area contributed by atoms with E-state index in [1.54, 1.807) is 25.4 Å². The molecule has 39 heavy (non-hydrogen) atoms. The molecule has 11 heteroatoms. The second-order valence-corrected chi connectivity index (χ2v) is 11.3. The molecule has 0 unspecified atom stereocenters. The molecule has 9 nitrogen and oxygen atoms in total. The summed E-state index contributed by atoms with van der Waals surface area (Å²) in [6.45, 7) is 2.05. The summed E-state index contributed by atoms with van der Waals surface area (Å²) in [5.41, 5.74) is 4.84. The van der Waals surface area contributed by atoms with Gasteiger partial charge in [0.15, 0.2) is 5.11 Å². The van der Waals surface area contributed by atoms with Crippen molar-refractivity contribution >= 4 is 38.7 Å². The highest BCUT2D eigenvalue weighted by Gasteiger charge is 2.42. The van der Waals surface area contributed by atoms with Crippen molar-refractivity contribution in [1.29, 1.82) is 0 Å². The summed E-state index contributed by atoms with van der Waals surface area (Å²) in [5, 5.41) is 3.95. The van der Waals surface area contributed by atoms with Crippen LogP contribution in [-0.4, -0.2) is 43.6 Å². The minimum Gasteiger partial charge on any atom is -0.497 e. The van der Waals surface area contributed by atoms with E-state index in [4.69, 9.17) is 21.7 Å². The maximum absolute atomic E-state index is 12.1. The molecule has 1 saturated heterocycles. The number of nitrogens with one attached hydrogen (secondary N) is 2. The molecule has 0 bridgehead atoms. The van der Waals surface area contributed by atoms with Crippen LogP contribution >= 0.6 is 12.2 Å². The topological polar surface area (TPSA) is 97.7 Å². The molecule has 2 atom stereocenters. The first kappa shape index (κ1) is 26.5. The number of ether oxygens (including phenoxy) is 2. The van der Waals surface area contributed by atoms with E-state index in [-0.39, 0.29) is 12.1 Å². The van der Waals surface area contributed by atoms with E-state index in [2.05, 4.69) is 38.6 Å². The fourth-order valence-corrected chi connectivity index (χ4v) is 5.84. The summed E-state index contributed by atoms with van der Waals surface area (Å²) < 4.78 is 39.7. The number of nitrogens with zero attached hydrogens (tertiary/aromatic N) is 3. The number of aryl methyl sites for hydroxylation is 1. The molecule has 4 aromatic rings. The molecule has 0 amide bonds. The van der Waals surface area contributed by atoms with Crippen LogP contribution in [0.4, 0.5) is 11.4 Å². The van der Waals surface area contributed by atoms with Crippen LogP contribution in [0, 0.1) is 6.92 Å². The van der Waals surface area contributed by atoms with Gasteiger partial charge in [-0.25, -0.2) is 8.42 Å². The average molecular weight is 564 g/mol.